The maximum atomic E-state index is 5.65. The van der Waals surface area contributed by atoms with Crippen LogP contribution in [0.5, 0.6) is 17.2 Å². The molecule has 0 spiro atoms. The first kappa shape index (κ1) is 23.7. The van der Waals surface area contributed by atoms with Gasteiger partial charge in [0.05, 0.1) is 32.9 Å². The van der Waals surface area contributed by atoms with Crippen molar-refractivity contribution in [2.24, 2.45) is 0 Å². The number of pyridine rings is 1. The first-order chi connectivity index (χ1) is 16.4. The van der Waals surface area contributed by atoms with Crippen molar-refractivity contribution in [3.63, 3.8) is 0 Å². The van der Waals surface area contributed by atoms with E-state index in [0.29, 0.717) is 17.2 Å². The third kappa shape index (κ3) is 4.63. The summed E-state index contributed by atoms with van der Waals surface area (Å²) >= 11 is 0. The first-order valence-electron chi connectivity index (χ1n) is 11.4. The lowest BCUT2D eigenvalue weighted by Crippen LogP contribution is -2.49. The zero-order valence-corrected chi connectivity index (χ0v) is 20.7. The van der Waals surface area contributed by atoms with Crippen LogP contribution in [0.1, 0.15) is 38.2 Å². The van der Waals surface area contributed by atoms with Crippen LogP contribution in [-0.4, -0.2) is 77.6 Å². The highest BCUT2D eigenvalue weighted by atomic mass is 16.5. The second-order valence-corrected chi connectivity index (χ2v) is 9.19. The third-order valence-corrected chi connectivity index (χ3v) is 6.03. The van der Waals surface area contributed by atoms with E-state index in [1.54, 1.807) is 21.3 Å². The molecular weight excluding hydrogens is 434 g/mol. The van der Waals surface area contributed by atoms with Gasteiger partial charge in [0.2, 0.25) is 5.75 Å². The number of nitrogens with zero attached hydrogens (tertiary/aromatic N) is 7. The summed E-state index contributed by atoms with van der Waals surface area (Å²) in [5.74, 6) is 3.52. The Hall–Kier alpha value is -3.40. The number of anilines is 1. The number of hydrogen-bond donors (Lipinski definition) is 0. The molecule has 1 unspecified atom stereocenters. The molecule has 34 heavy (non-hydrogen) atoms. The summed E-state index contributed by atoms with van der Waals surface area (Å²) in [5, 5.41) is 12.9. The second kappa shape index (κ2) is 9.84. The summed E-state index contributed by atoms with van der Waals surface area (Å²) in [5.41, 5.74) is 0.689. The Kier molecular flexibility index (Phi) is 6.87. The molecule has 0 bridgehead atoms. The Balaban J connectivity index is 1.75. The predicted octanol–water partition coefficient (Wildman–Crippen LogP) is 2.76. The van der Waals surface area contributed by atoms with Crippen LogP contribution in [0.15, 0.2) is 36.5 Å². The smallest absolute Gasteiger partial charge is 0.203 e. The average Bonchev–Trinajstić information content (AvgIpc) is 3.34. The molecule has 0 radical (unpaired) electrons. The lowest BCUT2D eigenvalue weighted by atomic mass is 10.0. The SMILES string of the molecule is COc1cc(C(c2nnnn2C(C)(C)C)N2CCN(c3ccccn3)CC2)cc(OC)c1OC. The summed E-state index contributed by atoms with van der Waals surface area (Å²) in [6.45, 7) is 9.60. The molecule has 4 rings (SSSR count). The van der Waals surface area contributed by atoms with Crippen LogP contribution in [0.25, 0.3) is 0 Å². The normalized spacial score (nSPS) is 15.8. The van der Waals surface area contributed by atoms with Crippen LogP contribution in [0.4, 0.5) is 5.82 Å². The topological polar surface area (TPSA) is 90.7 Å². The number of tetrazole rings is 1. The van der Waals surface area contributed by atoms with Crippen LogP contribution in [-0.2, 0) is 5.54 Å². The van der Waals surface area contributed by atoms with E-state index in [-0.39, 0.29) is 11.6 Å². The van der Waals surface area contributed by atoms with Crippen molar-refractivity contribution >= 4 is 5.82 Å². The van der Waals surface area contributed by atoms with Gasteiger partial charge in [0.25, 0.3) is 0 Å². The van der Waals surface area contributed by atoms with Crippen LogP contribution < -0.4 is 19.1 Å². The van der Waals surface area contributed by atoms with Crippen LogP contribution in [0.3, 0.4) is 0 Å². The molecule has 1 aliphatic rings. The lowest BCUT2D eigenvalue weighted by Gasteiger charge is -2.40. The molecule has 1 saturated heterocycles. The molecule has 1 aromatic carbocycles. The highest BCUT2D eigenvalue weighted by molar-refractivity contribution is 5.55. The fraction of sp³-hybridized carbons (Fsp3) is 0.500. The number of aromatic nitrogens is 5. The minimum atomic E-state index is -0.284. The Morgan fingerprint density at radius 3 is 2.12 bits per heavy atom. The van der Waals surface area contributed by atoms with E-state index in [1.807, 2.05) is 41.2 Å². The van der Waals surface area contributed by atoms with Gasteiger partial charge in [0.1, 0.15) is 5.82 Å². The number of ether oxygens (including phenoxy) is 3. The van der Waals surface area contributed by atoms with Crippen LogP contribution in [0, 0.1) is 0 Å². The fourth-order valence-electron chi connectivity index (χ4n) is 4.37. The molecule has 3 aromatic rings. The Morgan fingerprint density at radius 1 is 0.912 bits per heavy atom. The van der Waals surface area contributed by atoms with Crippen molar-refractivity contribution in [2.45, 2.75) is 32.4 Å². The molecule has 10 nitrogen and oxygen atoms in total. The molecule has 2 aromatic heterocycles. The highest BCUT2D eigenvalue weighted by Gasteiger charge is 2.34. The van der Waals surface area contributed by atoms with E-state index in [0.717, 1.165) is 43.4 Å². The zero-order valence-electron chi connectivity index (χ0n) is 20.7. The van der Waals surface area contributed by atoms with Gasteiger partial charge in [-0.25, -0.2) is 9.67 Å². The second-order valence-electron chi connectivity index (χ2n) is 9.19. The molecule has 1 atom stereocenters. The fourth-order valence-corrected chi connectivity index (χ4v) is 4.37. The number of hydrogen-bond acceptors (Lipinski definition) is 9. The van der Waals surface area contributed by atoms with Gasteiger partial charge in [-0.2, -0.15) is 0 Å². The summed E-state index contributed by atoms with van der Waals surface area (Å²) < 4.78 is 18.7. The van der Waals surface area contributed by atoms with Crippen molar-refractivity contribution in [2.75, 3.05) is 52.4 Å². The van der Waals surface area contributed by atoms with Gasteiger partial charge in [0.15, 0.2) is 17.3 Å². The summed E-state index contributed by atoms with van der Waals surface area (Å²) in [6.07, 6.45) is 1.83. The largest absolute Gasteiger partial charge is 0.493 e. The maximum absolute atomic E-state index is 5.65. The molecular formula is C24H33N7O3. The van der Waals surface area contributed by atoms with Crippen molar-refractivity contribution in [3.8, 4) is 17.2 Å². The first-order valence-corrected chi connectivity index (χ1v) is 11.4. The monoisotopic (exact) mass is 467 g/mol. The van der Waals surface area contributed by atoms with Crippen molar-refractivity contribution in [1.29, 1.82) is 0 Å². The van der Waals surface area contributed by atoms with Gasteiger partial charge < -0.3 is 19.1 Å². The summed E-state index contributed by atoms with van der Waals surface area (Å²) in [6, 6.07) is 9.77. The van der Waals surface area contributed by atoms with E-state index >= 15 is 0 Å². The van der Waals surface area contributed by atoms with Gasteiger partial charge in [-0.1, -0.05) is 6.07 Å². The van der Waals surface area contributed by atoms with Crippen molar-refractivity contribution < 1.29 is 14.2 Å². The number of methoxy groups -OCH3 is 3. The van der Waals surface area contributed by atoms with Gasteiger partial charge in [-0.05, 0) is 61.0 Å². The van der Waals surface area contributed by atoms with E-state index in [4.69, 9.17) is 14.2 Å². The van der Waals surface area contributed by atoms with Crippen LogP contribution >= 0.6 is 0 Å². The van der Waals surface area contributed by atoms with Gasteiger partial charge >= 0.3 is 0 Å². The molecule has 0 aliphatic carbocycles. The predicted molar refractivity (Wildman–Crippen MR) is 129 cm³/mol. The van der Waals surface area contributed by atoms with Crippen LogP contribution in [0.2, 0.25) is 0 Å². The van der Waals surface area contributed by atoms with Crippen molar-refractivity contribution in [3.05, 3.63) is 47.9 Å². The number of rotatable bonds is 7. The quantitative estimate of drug-likeness (QED) is 0.520. The molecule has 182 valence electrons. The molecule has 3 heterocycles. The molecule has 0 saturated carbocycles. The highest BCUT2D eigenvalue weighted by Crippen LogP contribution is 2.42. The number of piperazine rings is 1. The van der Waals surface area contributed by atoms with Crippen molar-refractivity contribution in [1.82, 2.24) is 30.1 Å². The molecule has 1 fully saturated rings. The minimum Gasteiger partial charge on any atom is -0.493 e. The van der Waals surface area contributed by atoms with E-state index in [9.17, 15) is 0 Å². The zero-order chi connectivity index (χ0) is 24.3. The lowest BCUT2D eigenvalue weighted by molar-refractivity contribution is 0.190. The number of benzene rings is 1. The molecule has 0 amide bonds. The van der Waals surface area contributed by atoms with E-state index < -0.39 is 0 Å². The summed E-state index contributed by atoms with van der Waals surface area (Å²) in [7, 11) is 4.86. The molecule has 0 N–H and O–H groups in total. The maximum Gasteiger partial charge on any atom is 0.203 e. The summed E-state index contributed by atoms with van der Waals surface area (Å²) in [4.78, 5) is 9.21. The van der Waals surface area contributed by atoms with E-state index in [1.165, 1.54) is 0 Å². The van der Waals surface area contributed by atoms with Gasteiger partial charge in [-0.3, -0.25) is 4.90 Å². The Morgan fingerprint density at radius 2 is 1.59 bits per heavy atom. The van der Waals surface area contributed by atoms with E-state index in [2.05, 4.69) is 51.1 Å². The average molecular weight is 468 g/mol. The molecule has 1 aliphatic heterocycles. The van der Waals surface area contributed by atoms with Gasteiger partial charge in [-0.15, -0.1) is 5.10 Å². The third-order valence-electron chi connectivity index (χ3n) is 6.03. The Bertz CT molecular complexity index is 1060. The standard InChI is InChI=1S/C24H33N7O3/c1-24(2,3)31-23(26-27-28-31)21(17-15-18(32-4)22(34-6)19(16-17)33-5)30-13-11-29(12-14-30)20-9-7-8-10-25-20/h7-10,15-16,21H,11-14H2,1-6H3. The minimum absolute atomic E-state index is 0.200. The Labute approximate surface area is 200 Å². The van der Waals surface area contributed by atoms with Gasteiger partial charge in [0, 0.05) is 32.4 Å². The molecule has 10 heteroatoms.